The van der Waals surface area contributed by atoms with Crippen LogP contribution in [-0.2, 0) is 14.6 Å². The number of carbonyl (C=O) groups excluding carboxylic acids is 1. The molecular weight excluding hydrogens is 280 g/mol. The summed E-state index contributed by atoms with van der Waals surface area (Å²) < 4.78 is 29.0. The van der Waals surface area contributed by atoms with E-state index in [1.54, 1.807) is 24.3 Å². The topological polar surface area (TPSA) is 89.7 Å². The van der Waals surface area contributed by atoms with Crippen LogP contribution in [0, 0.1) is 0 Å². The lowest BCUT2D eigenvalue weighted by Gasteiger charge is -2.30. The van der Waals surface area contributed by atoms with Gasteiger partial charge in [-0.3, -0.25) is 4.90 Å². The molecule has 0 saturated carbocycles. The van der Waals surface area contributed by atoms with Gasteiger partial charge in [-0.05, 0) is 25.0 Å². The van der Waals surface area contributed by atoms with Gasteiger partial charge >= 0.3 is 6.09 Å². The third-order valence-corrected chi connectivity index (χ3v) is 5.65. The number of amides is 1. The Balaban J connectivity index is 1.91. The molecule has 1 amide bonds. The summed E-state index contributed by atoms with van der Waals surface area (Å²) in [5.41, 5.74) is 5.99. The number of nitrogen functional groups attached to an aromatic ring is 1. The fourth-order valence-corrected chi connectivity index (χ4v) is 4.73. The molecule has 0 aromatic heterocycles. The zero-order valence-electron chi connectivity index (χ0n) is 10.9. The van der Waals surface area contributed by atoms with E-state index in [-0.39, 0.29) is 18.1 Å². The fourth-order valence-electron chi connectivity index (χ4n) is 2.91. The number of nitrogens with zero attached hydrogens (tertiary/aromatic N) is 1. The normalized spacial score (nSPS) is 28.6. The van der Waals surface area contributed by atoms with Crippen molar-refractivity contribution in [3.63, 3.8) is 0 Å². The van der Waals surface area contributed by atoms with Crippen LogP contribution in [0.3, 0.4) is 0 Å². The minimum absolute atomic E-state index is 0.102. The fraction of sp³-hybridized carbons (Fsp3) is 0.462. The van der Waals surface area contributed by atoms with Gasteiger partial charge in [0, 0.05) is 0 Å². The van der Waals surface area contributed by atoms with Gasteiger partial charge in [0.05, 0.1) is 29.4 Å². The summed E-state index contributed by atoms with van der Waals surface area (Å²) in [4.78, 5) is 13.5. The number of sulfone groups is 1. The van der Waals surface area contributed by atoms with Crippen LogP contribution in [0.25, 0.3) is 0 Å². The number of rotatable bonds is 1. The molecule has 2 aliphatic rings. The Morgan fingerprint density at radius 2 is 2.05 bits per heavy atom. The van der Waals surface area contributed by atoms with Gasteiger partial charge in [0.1, 0.15) is 5.60 Å². The van der Waals surface area contributed by atoms with Crippen molar-refractivity contribution < 1.29 is 17.9 Å². The molecule has 1 spiro atoms. The molecule has 1 unspecified atom stereocenters. The Labute approximate surface area is 117 Å². The summed E-state index contributed by atoms with van der Waals surface area (Å²) in [5, 5.41) is 0. The van der Waals surface area contributed by atoms with Crippen LogP contribution < -0.4 is 10.6 Å². The van der Waals surface area contributed by atoms with Crippen molar-refractivity contribution in [2.75, 3.05) is 28.7 Å². The van der Waals surface area contributed by atoms with Crippen LogP contribution in [0.1, 0.15) is 12.8 Å². The number of anilines is 2. The first-order valence-electron chi connectivity index (χ1n) is 6.46. The zero-order valence-corrected chi connectivity index (χ0v) is 11.7. The maximum Gasteiger partial charge on any atom is 0.415 e. The maximum atomic E-state index is 12.1. The molecule has 2 heterocycles. The van der Waals surface area contributed by atoms with Crippen molar-refractivity contribution >= 4 is 27.3 Å². The van der Waals surface area contributed by atoms with Crippen molar-refractivity contribution in [1.82, 2.24) is 0 Å². The molecule has 0 bridgehead atoms. The van der Waals surface area contributed by atoms with Crippen LogP contribution in [-0.4, -0.2) is 38.2 Å². The molecule has 6 nitrogen and oxygen atoms in total. The summed E-state index contributed by atoms with van der Waals surface area (Å²) in [5.74, 6) is 0.0642. The minimum atomic E-state index is -3.15. The molecule has 108 valence electrons. The highest BCUT2D eigenvalue weighted by atomic mass is 32.2. The Morgan fingerprint density at radius 3 is 2.75 bits per heavy atom. The third-order valence-electron chi connectivity index (χ3n) is 3.77. The second-order valence-electron chi connectivity index (χ2n) is 5.39. The van der Waals surface area contributed by atoms with Gasteiger partial charge in [0.2, 0.25) is 0 Å². The Morgan fingerprint density at radius 1 is 1.30 bits per heavy atom. The average Bonchev–Trinajstić information content (AvgIpc) is 2.64. The van der Waals surface area contributed by atoms with E-state index < -0.39 is 21.5 Å². The summed E-state index contributed by atoms with van der Waals surface area (Å²) in [6.45, 7) is 0.235. The van der Waals surface area contributed by atoms with Gasteiger partial charge in [-0.25, -0.2) is 13.2 Å². The van der Waals surface area contributed by atoms with Gasteiger partial charge in [-0.1, -0.05) is 12.1 Å². The molecule has 2 N–H and O–H groups in total. The molecule has 2 fully saturated rings. The van der Waals surface area contributed by atoms with Crippen LogP contribution in [0.2, 0.25) is 0 Å². The van der Waals surface area contributed by atoms with E-state index in [2.05, 4.69) is 0 Å². The van der Waals surface area contributed by atoms with E-state index in [9.17, 15) is 13.2 Å². The van der Waals surface area contributed by atoms with Crippen molar-refractivity contribution in [2.45, 2.75) is 18.4 Å². The first-order valence-corrected chi connectivity index (χ1v) is 8.28. The highest BCUT2D eigenvalue weighted by Gasteiger charge is 2.50. The second-order valence-corrected chi connectivity index (χ2v) is 7.58. The highest BCUT2D eigenvalue weighted by Crippen LogP contribution is 2.37. The van der Waals surface area contributed by atoms with Gasteiger partial charge < -0.3 is 10.5 Å². The van der Waals surface area contributed by atoms with E-state index in [0.717, 1.165) is 0 Å². The number of para-hydroxylation sites is 2. The quantitative estimate of drug-likeness (QED) is 0.786. The number of carbonyl (C=O) groups is 1. The summed E-state index contributed by atoms with van der Waals surface area (Å²) >= 11 is 0. The lowest BCUT2D eigenvalue weighted by atomic mass is 10.00. The molecule has 3 rings (SSSR count). The Bertz CT molecular complexity index is 658. The van der Waals surface area contributed by atoms with Crippen molar-refractivity contribution in [1.29, 1.82) is 0 Å². The molecule has 2 saturated heterocycles. The molecule has 2 aliphatic heterocycles. The standard InChI is InChI=1S/C13H16N2O4S/c14-10-4-1-2-5-11(10)15-8-13(19-12(15)16)6-3-7-20(17,18)9-13/h1-2,4-5H,3,6-9,14H2. The molecular formula is C13H16N2O4S. The van der Waals surface area contributed by atoms with Gasteiger partial charge in [0.15, 0.2) is 9.84 Å². The van der Waals surface area contributed by atoms with E-state index in [1.165, 1.54) is 4.90 Å². The van der Waals surface area contributed by atoms with Gasteiger partial charge in [-0.2, -0.15) is 0 Å². The monoisotopic (exact) mass is 296 g/mol. The molecule has 1 aromatic carbocycles. The number of nitrogens with two attached hydrogens (primary N) is 1. The smallest absolute Gasteiger partial charge is 0.415 e. The lowest BCUT2D eigenvalue weighted by molar-refractivity contribution is 0.0643. The Kier molecular flexibility index (Phi) is 2.89. The third kappa shape index (κ3) is 2.22. The van der Waals surface area contributed by atoms with Crippen molar-refractivity contribution in [3.8, 4) is 0 Å². The van der Waals surface area contributed by atoms with E-state index in [0.29, 0.717) is 24.2 Å². The van der Waals surface area contributed by atoms with Gasteiger partial charge in [0.25, 0.3) is 0 Å². The summed E-state index contributed by atoms with van der Waals surface area (Å²) in [6, 6.07) is 6.99. The van der Waals surface area contributed by atoms with Crippen LogP contribution in [0.4, 0.5) is 16.2 Å². The van der Waals surface area contributed by atoms with E-state index >= 15 is 0 Å². The molecule has 0 aliphatic carbocycles. The van der Waals surface area contributed by atoms with Crippen LogP contribution in [0.15, 0.2) is 24.3 Å². The minimum Gasteiger partial charge on any atom is -0.440 e. The van der Waals surface area contributed by atoms with E-state index in [4.69, 9.17) is 10.5 Å². The summed E-state index contributed by atoms with van der Waals surface area (Å²) in [6.07, 6.45) is 0.564. The van der Waals surface area contributed by atoms with Crippen LogP contribution in [0.5, 0.6) is 0 Å². The zero-order chi connectivity index (χ0) is 14.4. The molecule has 20 heavy (non-hydrogen) atoms. The first kappa shape index (κ1) is 13.2. The number of ether oxygens (including phenoxy) is 1. The molecule has 1 aromatic rings. The predicted molar refractivity (Wildman–Crippen MR) is 75.3 cm³/mol. The largest absolute Gasteiger partial charge is 0.440 e. The number of benzene rings is 1. The number of hydrogen-bond acceptors (Lipinski definition) is 5. The molecule has 0 radical (unpaired) electrons. The Hall–Kier alpha value is -1.76. The van der Waals surface area contributed by atoms with E-state index in [1.807, 2.05) is 0 Å². The molecule has 1 atom stereocenters. The van der Waals surface area contributed by atoms with Crippen molar-refractivity contribution in [3.05, 3.63) is 24.3 Å². The summed E-state index contributed by atoms with van der Waals surface area (Å²) in [7, 11) is -3.15. The average molecular weight is 296 g/mol. The van der Waals surface area contributed by atoms with Crippen LogP contribution >= 0.6 is 0 Å². The maximum absolute atomic E-state index is 12.1. The van der Waals surface area contributed by atoms with Gasteiger partial charge in [-0.15, -0.1) is 0 Å². The molecule has 7 heteroatoms. The highest BCUT2D eigenvalue weighted by molar-refractivity contribution is 7.91. The number of hydrogen-bond donors (Lipinski definition) is 1. The second kappa shape index (κ2) is 4.37. The first-order chi connectivity index (χ1) is 9.41. The van der Waals surface area contributed by atoms with Crippen molar-refractivity contribution in [2.24, 2.45) is 0 Å². The SMILES string of the molecule is Nc1ccccc1N1CC2(CCCS(=O)(=O)C2)OC1=O. The lowest BCUT2D eigenvalue weighted by Crippen LogP contribution is -2.45. The predicted octanol–water partition coefficient (Wildman–Crippen LogP) is 1.17.